The maximum atomic E-state index is 13.4. The van der Waals surface area contributed by atoms with Crippen molar-refractivity contribution in [2.75, 3.05) is 15.8 Å². The number of nitrogens with zero attached hydrogens (tertiary/aromatic N) is 2. The lowest BCUT2D eigenvalue weighted by Gasteiger charge is -2.07. The predicted octanol–water partition coefficient (Wildman–Crippen LogP) is 2.12. The summed E-state index contributed by atoms with van der Waals surface area (Å²) in [5, 5.41) is 10.2. The van der Waals surface area contributed by atoms with Crippen LogP contribution < -0.4 is 10.0 Å². The van der Waals surface area contributed by atoms with Gasteiger partial charge in [-0.1, -0.05) is 12.1 Å². The molecule has 6 nitrogen and oxygen atoms in total. The molecule has 0 atom stereocenters. The normalized spacial score (nSPS) is 11.1. The second-order valence-corrected chi connectivity index (χ2v) is 5.93. The monoisotopic (exact) mass is 296 g/mol. The Labute approximate surface area is 116 Å². The van der Waals surface area contributed by atoms with Crippen LogP contribution in [-0.2, 0) is 10.0 Å². The highest BCUT2D eigenvalue weighted by Gasteiger charge is 2.08. The van der Waals surface area contributed by atoms with Gasteiger partial charge in [0.15, 0.2) is 11.6 Å². The minimum absolute atomic E-state index is 0.0517. The SMILES string of the molecule is CCS(=O)(=O)Nc1ccc(Nc2ccccc2F)nn1. The summed E-state index contributed by atoms with van der Waals surface area (Å²) in [4.78, 5) is 0. The van der Waals surface area contributed by atoms with Crippen LogP contribution in [0.5, 0.6) is 0 Å². The molecule has 1 heterocycles. The van der Waals surface area contributed by atoms with Crippen LogP contribution in [0.25, 0.3) is 0 Å². The van der Waals surface area contributed by atoms with Crippen molar-refractivity contribution < 1.29 is 12.8 Å². The fraction of sp³-hybridized carbons (Fsp3) is 0.167. The van der Waals surface area contributed by atoms with Gasteiger partial charge in [-0.3, -0.25) is 4.72 Å². The van der Waals surface area contributed by atoms with Crippen LogP contribution >= 0.6 is 0 Å². The third-order valence-electron chi connectivity index (χ3n) is 2.44. The van der Waals surface area contributed by atoms with Crippen molar-refractivity contribution in [3.63, 3.8) is 0 Å². The number of hydrogen-bond donors (Lipinski definition) is 2. The summed E-state index contributed by atoms with van der Waals surface area (Å²) in [5.74, 6) is -0.0327. The standard InChI is InChI=1S/C12H13FN4O2S/c1-2-20(18,19)17-12-8-7-11(15-16-12)14-10-6-4-3-5-9(10)13/h3-8H,2H2,1H3,(H,14,15)(H,16,17). The third kappa shape index (κ3) is 3.64. The lowest BCUT2D eigenvalue weighted by Crippen LogP contribution is -2.15. The number of hydrogen-bond acceptors (Lipinski definition) is 5. The third-order valence-corrected chi connectivity index (χ3v) is 3.72. The Kier molecular flexibility index (Phi) is 4.14. The molecule has 1 aromatic heterocycles. The summed E-state index contributed by atoms with van der Waals surface area (Å²) < 4.78 is 38.4. The zero-order valence-electron chi connectivity index (χ0n) is 10.7. The average molecular weight is 296 g/mol. The molecule has 0 saturated heterocycles. The molecule has 2 rings (SSSR count). The summed E-state index contributed by atoms with van der Waals surface area (Å²) in [6.45, 7) is 1.52. The molecule has 0 aliphatic heterocycles. The number of rotatable bonds is 5. The first kappa shape index (κ1) is 14.2. The van der Waals surface area contributed by atoms with Gasteiger partial charge in [0.2, 0.25) is 10.0 Å². The van der Waals surface area contributed by atoms with E-state index in [1.807, 2.05) is 0 Å². The first-order valence-electron chi connectivity index (χ1n) is 5.86. The number of para-hydroxylation sites is 1. The van der Waals surface area contributed by atoms with E-state index in [1.54, 1.807) is 18.2 Å². The molecule has 8 heteroatoms. The summed E-state index contributed by atoms with van der Waals surface area (Å²) in [6.07, 6.45) is 0. The first-order valence-corrected chi connectivity index (χ1v) is 7.51. The summed E-state index contributed by atoms with van der Waals surface area (Å²) >= 11 is 0. The molecule has 0 aliphatic rings. The molecule has 1 aromatic carbocycles. The number of anilines is 3. The molecule has 106 valence electrons. The highest BCUT2D eigenvalue weighted by atomic mass is 32.2. The molecule has 2 N–H and O–H groups in total. The van der Waals surface area contributed by atoms with E-state index in [4.69, 9.17) is 0 Å². The van der Waals surface area contributed by atoms with Gasteiger partial charge in [-0.05, 0) is 31.2 Å². The Morgan fingerprint density at radius 3 is 2.35 bits per heavy atom. The van der Waals surface area contributed by atoms with Crippen molar-refractivity contribution in [3.05, 3.63) is 42.2 Å². The van der Waals surface area contributed by atoms with Gasteiger partial charge in [0.1, 0.15) is 5.82 Å². The van der Waals surface area contributed by atoms with E-state index in [1.165, 1.54) is 25.1 Å². The zero-order chi connectivity index (χ0) is 14.6. The van der Waals surface area contributed by atoms with Crippen molar-refractivity contribution in [2.45, 2.75) is 6.92 Å². The van der Waals surface area contributed by atoms with E-state index in [0.717, 1.165) is 0 Å². The lowest BCUT2D eigenvalue weighted by atomic mass is 10.3. The maximum absolute atomic E-state index is 13.4. The zero-order valence-corrected chi connectivity index (χ0v) is 11.5. The molecule has 0 amide bonds. The summed E-state index contributed by atoms with van der Waals surface area (Å²) in [5.41, 5.74) is 0.267. The van der Waals surface area contributed by atoms with Gasteiger partial charge in [-0.2, -0.15) is 0 Å². The van der Waals surface area contributed by atoms with Crippen LogP contribution in [0.15, 0.2) is 36.4 Å². The number of sulfonamides is 1. The number of halogens is 1. The molecule has 0 saturated carbocycles. The quantitative estimate of drug-likeness (QED) is 0.883. The van der Waals surface area contributed by atoms with E-state index >= 15 is 0 Å². The topological polar surface area (TPSA) is 84.0 Å². The Bertz CT molecular complexity index is 689. The molecule has 0 spiro atoms. The van der Waals surface area contributed by atoms with Gasteiger partial charge in [-0.25, -0.2) is 12.8 Å². The first-order chi connectivity index (χ1) is 9.50. The number of aromatic nitrogens is 2. The molecule has 2 aromatic rings. The smallest absolute Gasteiger partial charge is 0.233 e. The van der Waals surface area contributed by atoms with E-state index in [0.29, 0.717) is 5.82 Å². The fourth-order valence-electron chi connectivity index (χ4n) is 1.39. The average Bonchev–Trinajstić information content (AvgIpc) is 2.43. The second kappa shape index (κ2) is 5.83. The summed E-state index contributed by atoms with van der Waals surface area (Å²) in [7, 11) is -3.38. The molecule has 20 heavy (non-hydrogen) atoms. The van der Waals surface area contributed by atoms with Gasteiger partial charge < -0.3 is 5.32 Å². The Hall–Kier alpha value is -2.22. The van der Waals surface area contributed by atoms with Gasteiger partial charge in [0.05, 0.1) is 11.4 Å². The van der Waals surface area contributed by atoms with Crippen LogP contribution in [0.3, 0.4) is 0 Å². The molecule has 0 bridgehead atoms. The maximum Gasteiger partial charge on any atom is 0.233 e. The van der Waals surface area contributed by atoms with Crippen LogP contribution in [0.4, 0.5) is 21.7 Å². The van der Waals surface area contributed by atoms with Gasteiger partial charge in [-0.15, -0.1) is 10.2 Å². The minimum Gasteiger partial charge on any atom is -0.336 e. The molecular formula is C12H13FN4O2S. The Morgan fingerprint density at radius 2 is 1.75 bits per heavy atom. The van der Waals surface area contributed by atoms with Crippen molar-refractivity contribution >= 4 is 27.3 Å². The van der Waals surface area contributed by atoms with Gasteiger partial charge >= 0.3 is 0 Å². The van der Waals surface area contributed by atoms with Crippen LogP contribution in [0, 0.1) is 5.82 Å². The Morgan fingerprint density at radius 1 is 1.10 bits per heavy atom. The second-order valence-electron chi connectivity index (χ2n) is 3.91. The lowest BCUT2D eigenvalue weighted by molar-refractivity contribution is 0.602. The minimum atomic E-state index is -3.38. The molecule has 0 aliphatic carbocycles. The van der Waals surface area contributed by atoms with Gasteiger partial charge in [0, 0.05) is 0 Å². The van der Waals surface area contributed by atoms with Crippen molar-refractivity contribution in [1.29, 1.82) is 0 Å². The van der Waals surface area contributed by atoms with E-state index in [2.05, 4.69) is 20.2 Å². The van der Waals surface area contributed by atoms with Crippen molar-refractivity contribution in [1.82, 2.24) is 10.2 Å². The predicted molar refractivity (Wildman–Crippen MR) is 74.8 cm³/mol. The van der Waals surface area contributed by atoms with E-state index < -0.39 is 15.8 Å². The molecule has 0 fully saturated rings. The number of benzene rings is 1. The largest absolute Gasteiger partial charge is 0.336 e. The highest BCUT2D eigenvalue weighted by Crippen LogP contribution is 2.18. The van der Waals surface area contributed by atoms with Crippen LogP contribution in [-0.4, -0.2) is 24.4 Å². The van der Waals surface area contributed by atoms with Crippen molar-refractivity contribution in [2.24, 2.45) is 0 Å². The van der Waals surface area contributed by atoms with E-state index in [9.17, 15) is 12.8 Å². The van der Waals surface area contributed by atoms with Crippen LogP contribution in [0.1, 0.15) is 6.92 Å². The van der Waals surface area contributed by atoms with Crippen molar-refractivity contribution in [3.8, 4) is 0 Å². The molecular weight excluding hydrogens is 283 g/mol. The molecule has 0 unspecified atom stereocenters. The molecule has 0 radical (unpaired) electrons. The van der Waals surface area contributed by atoms with Gasteiger partial charge in [0.25, 0.3) is 0 Å². The highest BCUT2D eigenvalue weighted by molar-refractivity contribution is 7.92. The summed E-state index contributed by atoms with van der Waals surface area (Å²) in [6, 6.07) is 9.10. The Balaban J connectivity index is 2.11. The van der Waals surface area contributed by atoms with Crippen LogP contribution in [0.2, 0.25) is 0 Å². The number of nitrogens with one attached hydrogen (secondary N) is 2. The fourth-order valence-corrected chi connectivity index (χ4v) is 1.96. The van der Waals surface area contributed by atoms with E-state index in [-0.39, 0.29) is 17.3 Å².